The fourth-order valence-corrected chi connectivity index (χ4v) is 0. The first-order valence-electron chi connectivity index (χ1n) is 6.76. The second kappa shape index (κ2) is 19.0. The second-order valence-electron chi connectivity index (χ2n) is 5.24. The highest BCUT2D eigenvalue weighted by Crippen LogP contribution is 1.87. The minimum absolute atomic E-state index is 1.09. The number of rotatable bonds is 4. The van der Waals surface area contributed by atoms with E-state index in [0.717, 1.165) is 11.4 Å². The number of nitrogens with zero attached hydrogens (tertiary/aromatic N) is 6. The molecule has 0 spiro atoms. The van der Waals surface area contributed by atoms with Gasteiger partial charge in [0.1, 0.15) is 0 Å². The van der Waals surface area contributed by atoms with Crippen molar-refractivity contribution in [3.8, 4) is 0 Å². The van der Waals surface area contributed by atoms with Crippen molar-refractivity contribution >= 4 is 13.4 Å². The van der Waals surface area contributed by atoms with E-state index in [1.54, 1.807) is 10.0 Å². The molecule has 0 amide bonds. The van der Waals surface area contributed by atoms with Crippen LogP contribution in [0.25, 0.3) is 0 Å². The van der Waals surface area contributed by atoms with Gasteiger partial charge in [0, 0.05) is 81.2 Å². The topological polar surface area (TPSA) is 37.7 Å². The molecule has 0 heterocycles. The standard InChI is InChI=1S/2C5H11N.2C3H8N2/c2*1-5(2)6(3)4;2*1-4-5(2)3/h2*1H2,2-4H3;2*1H2,2-3H3. The van der Waals surface area contributed by atoms with Crippen LogP contribution in [0.15, 0.2) is 34.8 Å². The monoisotopic (exact) mass is 314 g/mol. The molecule has 0 radical (unpaired) electrons. The summed E-state index contributed by atoms with van der Waals surface area (Å²) < 4.78 is 0. The Morgan fingerprint density at radius 3 is 0.682 bits per heavy atom. The van der Waals surface area contributed by atoms with E-state index in [4.69, 9.17) is 0 Å². The zero-order valence-corrected chi connectivity index (χ0v) is 16.5. The molecule has 0 bridgehead atoms. The third-order valence-electron chi connectivity index (χ3n) is 2.09. The third kappa shape index (κ3) is 52.0. The van der Waals surface area contributed by atoms with Gasteiger partial charge in [-0.3, -0.25) is 0 Å². The Morgan fingerprint density at radius 1 is 0.591 bits per heavy atom. The normalized spacial score (nSPS) is 7.36. The first-order valence-corrected chi connectivity index (χ1v) is 6.76. The van der Waals surface area contributed by atoms with Gasteiger partial charge in [0.15, 0.2) is 0 Å². The molecule has 6 heteroatoms. The average Bonchev–Trinajstić information content (AvgIpc) is 2.40. The summed E-state index contributed by atoms with van der Waals surface area (Å²) in [7, 11) is 15.2. The molecule has 0 aromatic carbocycles. The number of hydrogen-bond donors (Lipinski definition) is 0. The highest BCUT2D eigenvalue weighted by Gasteiger charge is 1.79. The molecule has 0 rings (SSSR count). The minimum atomic E-state index is 1.09. The van der Waals surface area contributed by atoms with E-state index < -0.39 is 0 Å². The molecular formula is C16H38N6. The summed E-state index contributed by atoms with van der Waals surface area (Å²) >= 11 is 0. The van der Waals surface area contributed by atoms with Crippen LogP contribution in [0.1, 0.15) is 13.8 Å². The van der Waals surface area contributed by atoms with Gasteiger partial charge in [0.2, 0.25) is 0 Å². The Balaban J connectivity index is -0.0000000986. The summed E-state index contributed by atoms with van der Waals surface area (Å²) in [6, 6.07) is 0. The van der Waals surface area contributed by atoms with Gasteiger partial charge in [-0.05, 0) is 13.8 Å². The highest BCUT2D eigenvalue weighted by molar-refractivity contribution is 5.22. The maximum atomic E-state index is 3.68. The van der Waals surface area contributed by atoms with Crippen LogP contribution in [0.4, 0.5) is 0 Å². The molecule has 0 saturated heterocycles. The van der Waals surface area contributed by atoms with E-state index in [-0.39, 0.29) is 0 Å². The van der Waals surface area contributed by atoms with Crippen LogP contribution in [0.3, 0.4) is 0 Å². The Kier molecular flexibility index (Phi) is 24.4. The molecule has 0 aliphatic heterocycles. The van der Waals surface area contributed by atoms with Gasteiger partial charge in [0.25, 0.3) is 0 Å². The van der Waals surface area contributed by atoms with Crippen LogP contribution >= 0.6 is 0 Å². The molecule has 0 unspecified atom stereocenters. The van der Waals surface area contributed by atoms with Crippen molar-refractivity contribution in [2.24, 2.45) is 10.2 Å². The lowest BCUT2D eigenvalue weighted by molar-refractivity contribution is 0.442. The van der Waals surface area contributed by atoms with Crippen LogP contribution < -0.4 is 0 Å². The lowest BCUT2D eigenvalue weighted by Crippen LogP contribution is -2.05. The first kappa shape index (κ1) is 28.2. The van der Waals surface area contributed by atoms with Gasteiger partial charge < -0.3 is 19.8 Å². The summed E-state index contributed by atoms with van der Waals surface area (Å²) in [6.45, 7) is 17.8. The predicted molar refractivity (Wildman–Crippen MR) is 103 cm³/mol. The van der Waals surface area contributed by atoms with E-state index in [1.165, 1.54) is 0 Å². The summed E-state index contributed by atoms with van der Waals surface area (Å²) in [5, 5.41) is 10.2. The van der Waals surface area contributed by atoms with Crippen molar-refractivity contribution in [2.45, 2.75) is 13.8 Å². The van der Waals surface area contributed by atoms with E-state index in [1.807, 2.05) is 80.0 Å². The largest absolute Gasteiger partial charge is 0.382 e. The van der Waals surface area contributed by atoms with Gasteiger partial charge in [-0.1, -0.05) is 13.2 Å². The van der Waals surface area contributed by atoms with Crippen LogP contribution in [0.5, 0.6) is 0 Å². The number of hydrazone groups is 2. The maximum absolute atomic E-state index is 3.68. The fraction of sp³-hybridized carbons (Fsp3) is 0.625. The Hall–Kier alpha value is -1.98. The van der Waals surface area contributed by atoms with Crippen LogP contribution in [0.2, 0.25) is 0 Å². The van der Waals surface area contributed by atoms with Crippen molar-refractivity contribution < 1.29 is 0 Å². The summed E-state index contributed by atoms with van der Waals surface area (Å²) in [4.78, 5) is 3.94. The van der Waals surface area contributed by atoms with Gasteiger partial charge in [-0.25, -0.2) is 0 Å². The van der Waals surface area contributed by atoms with Crippen LogP contribution in [-0.2, 0) is 0 Å². The average molecular weight is 315 g/mol. The number of hydrogen-bond acceptors (Lipinski definition) is 6. The molecule has 0 saturated carbocycles. The molecule has 0 aromatic rings. The fourth-order valence-electron chi connectivity index (χ4n) is 0. The lowest BCUT2D eigenvalue weighted by atomic mass is 10.5. The van der Waals surface area contributed by atoms with E-state index in [2.05, 4.69) is 36.8 Å². The van der Waals surface area contributed by atoms with Gasteiger partial charge in [0.05, 0.1) is 0 Å². The molecule has 6 nitrogen and oxygen atoms in total. The molecular weight excluding hydrogens is 276 g/mol. The Labute approximate surface area is 139 Å². The smallest absolute Gasteiger partial charge is 0.0244 e. The van der Waals surface area contributed by atoms with Crippen molar-refractivity contribution in [1.82, 2.24) is 19.8 Å². The molecule has 0 atom stereocenters. The van der Waals surface area contributed by atoms with Crippen molar-refractivity contribution in [3.63, 3.8) is 0 Å². The summed E-state index contributed by atoms with van der Waals surface area (Å²) in [6.07, 6.45) is 0. The van der Waals surface area contributed by atoms with Gasteiger partial charge in [-0.2, -0.15) is 10.2 Å². The molecule has 22 heavy (non-hydrogen) atoms. The van der Waals surface area contributed by atoms with E-state index >= 15 is 0 Å². The molecule has 0 aliphatic carbocycles. The highest BCUT2D eigenvalue weighted by atomic mass is 15.4. The zero-order chi connectivity index (χ0) is 18.9. The predicted octanol–water partition coefficient (Wildman–Crippen LogP) is 2.49. The minimum Gasteiger partial charge on any atom is -0.382 e. The van der Waals surface area contributed by atoms with E-state index in [9.17, 15) is 0 Å². The summed E-state index contributed by atoms with van der Waals surface area (Å²) in [5.74, 6) is 0. The Morgan fingerprint density at radius 2 is 0.682 bits per heavy atom. The number of allylic oxidation sites excluding steroid dienone is 2. The molecule has 0 aliphatic rings. The van der Waals surface area contributed by atoms with Crippen molar-refractivity contribution in [3.05, 3.63) is 24.6 Å². The van der Waals surface area contributed by atoms with Gasteiger partial charge in [-0.15, -0.1) is 0 Å². The third-order valence-corrected chi connectivity index (χ3v) is 2.09. The van der Waals surface area contributed by atoms with Crippen LogP contribution in [-0.4, -0.2) is 89.6 Å². The van der Waals surface area contributed by atoms with Crippen molar-refractivity contribution in [1.29, 1.82) is 0 Å². The molecule has 0 aromatic heterocycles. The molecule has 0 N–H and O–H groups in total. The van der Waals surface area contributed by atoms with E-state index in [0.29, 0.717) is 0 Å². The Bertz CT molecular complexity index is 263. The molecule has 0 fully saturated rings. The zero-order valence-electron chi connectivity index (χ0n) is 16.5. The lowest BCUT2D eigenvalue weighted by Gasteiger charge is -2.08. The SMILES string of the molecule is C=C(C)N(C)C.C=C(C)N(C)C.C=NN(C)C.C=NN(C)C. The first-order chi connectivity index (χ1) is 9.83. The quantitative estimate of drug-likeness (QED) is 0.590. The van der Waals surface area contributed by atoms with Crippen LogP contribution in [0, 0.1) is 0 Å². The van der Waals surface area contributed by atoms with Gasteiger partial charge >= 0.3 is 0 Å². The van der Waals surface area contributed by atoms with Crippen molar-refractivity contribution in [2.75, 3.05) is 56.4 Å². The maximum Gasteiger partial charge on any atom is 0.0244 e. The second-order valence-corrected chi connectivity index (χ2v) is 5.24. The molecule has 132 valence electrons. The summed E-state index contributed by atoms with van der Waals surface area (Å²) in [5.41, 5.74) is 2.19.